The lowest BCUT2D eigenvalue weighted by Crippen LogP contribution is -2.28. The summed E-state index contributed by atoms with van der Waals surface area (Å²) >= 11 is 0. The number of unbranched alkanes of at least 4 members (excludes halogenated alkanes) is 17. The van der Waals surface area contributed by atoms with E-state index in [2.05, 4.69) is 38.2 Å². The molecule has 1 atom stereocenters. The van der Waals surface area contributed by atoms with Crippen molar-refractivity contribution in [1.29, 1.82) is 0 Å². The van der Waals surface area contributed by atoms with Crippen LogP contribution in [0.4, 0.5) is 0 Å². The van der Waals surface area contributed by atoms with Gasteiger partial charge in [-0.15, -0.1) is 0 Å². The van der Waals surface area contributed by atoms with Crippen molar-refractivity contribution in [2.45, 2.75) is 168 Å². The monoisotopic (exact) mass is 550 g/mol. The van der Waals surface area contributed by atoms with Crippen LogP contribution in [0.15, 0.2) is 24.3 Å². The van der Waals surface area contributed by atoms with Gasteiger partial charge in [0, 0.05) is 12.8 Å². The fourth-order valence-electron chi connectivity index (χ4n) is 4.46. The molecule has 0 aromatic heterocycles. The molecule has 0 spiro atoms. The number of esters is 2. The topological polar surface area (TPSA) is 72.8 Å². The van der Waals surface area contributed by atoms with Gasteiger partial charge in [-0.2, -0.15) is 0 Å². The van der Waals surface area contributed by atoms with Gasteiger partial charge in [-0.1, -0.05) is 128 Å². The number of allylic oxidation sites excluding steroid dienone is 4. The Hall–Kier alpha value is -1.62. The Bertz CT molecular complexity index is 598. The lowest BCUT2D eigenvalue weighted by atomic mass is 10.1. The Morgan fingerprint density at radius 3 is 1.56 bits per heavy atom. The van der Waals surface area contributed by atoms with Gasteiger partial charge in [-0.25, -0.2) is 0 Å². The Labute approximate surface area is 241 Å². The smallest absolute Gasteiger partial charge is 0.306 e. The highest BCUT2D eigenvalue weighted by Gasteiger charge is 2.16. The summed E-state index contributed by atoms with van der Waals surface area (Å²) in [6, 6.07) is 0. The van der Waals surface area contributed by atoms with Gasteiger partial charge in [-0.05, 0) is 44.9 Å². The van der Waals surface area contributed by atoms with Crippen LogP contribution in [-0.4, -0.2) is 36.4 Å². The standard InChI is InChI=1S/C34H62O5/c1-3-5-7-9-11-13-14-15-16-17-18-19-20-21-23-25-27-29-34(37)39-32(30-35)31-38-33(36)28-26-24-22-12-10-8-6-4-2/h11,13,15-16,32,35H,3-10,12,14,17-31H2,1-2H3/b13-11-,16-15-. The Morgan fingerprint density at radius 1 is 0.590 bits per heavy atom. The summed E-state index contributed by atoms with van der Waals surface area (Å²) in [7, 11) is 0. The molecular weight excluding hydrogens is 488 g/mol. The number of ether oxygens (including phenoxy) is 2. The highest BCUT2D eigenvalue weighted by Crippen LogP contribution is 2.12. The Balaban J connectivity index is 3.58. The highest BCUT2D eigenvalue weighted by molar-refractivity contribution is 5.70. The van der Waals surface area contributed by atoms with E-state index >= 15 is 0 Å². The van der Waals surface area contributed by atoms with E-state index in [0.717, 1.165) is 51.4 Å². The molecule has 0 bridgehead atoms. The van der Waals surface area contributed by atoms with Gasteiger partial charge < -0.3 is 14.6 Å². The van der Waals surface area contributed by atoms with Crippen LogP contribution in [0.25, 0.3) is 0 Å². The van der Waals surface area contributed by atoms with E-state index in [4.69, 9.17) is 9.47 Å². The van der Waals surface area contributed by atoms with Crippen molar-refractivity contribution in [2.24, 2.45) is 0 Å². The minimum Gasteiger partial charge on any atom is -0.462 e. The zero-order valence-corrected chi connectivity index (χ0v) is 25.6. The lowest BCUT2D eigenvalue weighted by molar-refractivity contribution is -0.161. The number of aliphatic hydroxyl groups excluding tert-OH is 1. The molecule has 0 radical (unpaired) electrons. The van der Waals surface area contributed by atoms with Crippen molar-refractivity contribution >= 4 is 11.9 Å². The molecule has 5 heteroatoms. The third kappa shape index (κ3) is 29.2. The molecule has 0 saturated heterocycles. The minimum atomic E-state index is -0.768. The molecule has 1 unspecified atom stereocenters. The highest BCUT2D eigenvalue weighted by atomic mass is 16.6. The van der Waals surface area contributed by atoms with Gasteiger partial charge in [0.25, 0.3) is 0 Å². The fourth-order valence-corrected chi connectivity index (χ4v) is 4.46. The van der Waals surface area contributed by atoms with E-state index in [1.54, 1.807) is 0 Å². The number of carbonyl (C=O) groups excluding carboxylic acids is 2. The van der Waals surface area contributed by atoms with Crippen molar-refractivity contribution in [3.8, 4) is 0 Å². The van der Waals surface area contributed by atoms with Gasteiger partial charge in [0.15, 0.2) is 6.10 Å². The second kappa shape index (κ2) is 30.9. The fraction of sp³-hybridized carbons (Fsp3) is 0.824. The van der Waals surface area contributed by atoms with Crippen LogP contribution >= 0.6 is 0 Å². The molecule has 0 aliphatic rings. The molecular formula is C34H62O5. The minimum absolute atomic E-state index is 0.0664. The van der Waals surface area contributed by atoms with Crippen LogP contribution in [0.3, 0.4) is 0 Å². The van der Waals surface area contributed by atoms with E-state index in [1.165, 1.54) is 83.5 Å². The first-order valence-electron chi connectivity index (χ1n) is 16.4. The largest absolute Gasteiger partial charge is 0.462 e. The van der Waals surface area contributed by atoms with Crippen LogP contribution in [0, 0.1) is 0 Å². The Morgan fingerprint density at radius 2 is 1.03 bits per heavy atom. The molecule has 0 aliphatic carbocycles. The van der Waals surface area contributed by atoms with Crippen molar-refractivity contribution in [1.82, 2.24) is 0 Å². The van der Waals surface area contributed by atoms with Crippen molar-refractivity contribution in [3.63, 3.8) is 0 Å². The second-order valence-electron chi connectivity index (χ2n) is 10.9. The van der Waals surface area contributed by atoms with Gasteiger partial charge in [0.05, 0.1) is 6.61 Å². The van der Waals surface area contributed by atoms with Crippen molar-refractivity contribution in [3.05, 3.63) is 24.3 Å². The molecule has 0 heterocycles. The number of aliphatic hydroxyl groups is 1. The number of hydrogen-bond donors (Lipinski definition) is 1. The van der Waals surface area contributed by atoms with Gasteiger partial charge in [0.1, 0.15) is 6.61 Å². The molecule has 1 N–H and O–H groups in total. The summed E-state index contributed by atoms with van der Waals surface area (Å²) in [6.07, 6.45) is 33.8. The molecule has 0 aliphatic heterocycles. The first-order valence-corrected chi connectivity index (χ1v) is 16.4. The predicted octanol–water partition coefficient (Wildman–Crippen LogP) is 9.56. The average Bonchev–Trinajstić information content (AvgIpc) is 2.94. The molecule has 0 aromatic rings. The molecule has 228 valence electrons. The van der Waals surface area contributed by atoms with Crippen molar-refractivity contribution < 1.29 is 24.2 Å². The predicted molar refractivity (Wildman–Crippen MR) is 164 cm³/mol. The molecule has 5 nitrogen and oxygen atoms in total. The molecule has 0 fully saturated rings. The number of hydrogen-bond acceptors (Lipinski definition) is 5. The van der Waals surface area contributed by atoms with E-state index in [0.29, 0.717) is 12.8 Å². The molecule has 0 rings (SSSR count). The summed E-state index contributed by atoms with van der Waals surface area (Å²) in [5.74, 6) is -0.604. The van der Waals surface area contributed by atoms with E-state index in [9.17, 15) is 14.7 Å². The van der Waals surface area contributed by atoms with Crippen LogP contribution in [0.1, 0.15) is 162 Å². The maximum Gasteiger partial charge on any atom is 0.306 e. The van der Waals surface area contributed by atoms with Gasteiger partial charge in [-0.3, -0.25) is 9.59 Å². The van der Waals surface area contributed by atoms with E-state index < -0.39 is 6.10 Å². The first kappa shape index (κ1) is 37.4. The third-order valence-corrected chi connectivity index (χ3v) is 7.00. The van der Waals surface area contributed by atoms with E-state index in [1.807, 2.05) is 0 Å². The van der Waals surface area contributed by atoms with Crippen LogP contribution in [0.5, 0.6) is 0 Å². The number of rotatable bonds is 29. The van der Waals surface area contributed by atoms with Crippen LogP contribution in [0.2, 0.25) is 0 Å². The summed E-state index contributed by atoms with van der Waals surface area (Å²) in [4.78, 5) is 24.0. The average molecular weight is 551 g/mol. The maximum atomic E-state index is 12.1. The normalized spacial score (nSPS) is 12.4. The molecule has 0 saturated carbocycles. The van der Waals surface area contributed by atoms with E-state index in [-0.39, 0.29) is 25.2 Å². The third-order valence-electron chi connectivity index (χ3n) is 7.00. The SMILES string of the molecule is CCCCC/C=C\C/C=C\CCCCCCCCCC(=O)OC(CO)COC(=O)CCCCCCCCCC. The maximum absolute atomic E-state index is 12.1. The molecule has 39 heavy (non-hydrogen) atoms. The lowest BCUT2D eigenvalue weighted by Gasteiger charge is -2.15. The van der Waals surface area contributed by atoms with Gasteiger partial charge in [0.2, 0.25) is 0 Å². The second-order valence-corrected chi connectivity index (χ2v) is 10.9. The zero-order valence-electron chi connectivity index (χ0n) is 25.6. The van der Waals surface area contributed by atoms with Crippen LogP contribution < -0.4 is 0 Å². The zero-order chi connectivity index (χ0) is 28.7. The van der Waals surface area contributed by atoms with Crippen LogP contribution in [-0.2, 0) is 19.1 Å². The molecule has 0 amide bonds. The summed E-state index contributed by atoms with van der Waals surface area (Å²) in [5.41, 5.74) is 0. The number of carbonyl (C=O) groups is 2. The van der Waals surface area contributed by atoms with Crippen molar-refractivity contribution in [2.75, 3.05) is 13.2 Å². The summed E-state index contributed by atoms with van der Waals surface area (Å²) in [5, 5.41) is 9.47. The summed E-state index contributed by atoms with van der Waals surface area (Å²) in [6.45, 7) is 4.06. The van der Waals surface area contributed by atoms with Gasteiger partial charge >= 0.3 is 11.9 Å². The molecule has 0 aromatic carbocycles. The summed E-state index contributed by atoms with van der Waals surface area (Å²) < 4.78 is 10.5. The first-order chi connectivity index (χ1) is 19.1. The quantitative estimate of drug-likeness (QED) is 0.0570. The Kier molecular flexibility index (Phi) is 29.6.